The lowest BCUT2D eigenvalue weighted by molar-refractivity contribution is -0.152. The Kier molecular flexibility index (Phi) is 8.06. The Morgan fingerprint density at radius 3 is 2.62 bits per heavy atom. The molecule has 0 saturated carbocycles. The summed E-state index contributed by atoms with van der Waals surface area (Å²) in [5, 5.41) is 17.8. The van der Waals surface area contributed by atoms with Gasteiger partial charge in [0.15, 0.2) is 0 Å². The number of aromatic amines is 1. The lowest BCUT2D eigenvalue weighted by Crippen LogP contribution is -2.38. The van der Waals surface area contributed by atoms with Crippen LogP contribution in [0.5, 0.6) is 0 Å². The Labute approximate surface area is 231 Å². The maximum absolute atomic E-state index is 13.0. The number of rotatable bonds is 11. The van der Waals surface area contributed by atoms with Gasteiger partial charge in [0.1, 0.15) is 0 Å². The second-order valence-electron chi connectivity index (χ2n) is 9.27. The van der Waals surface area contributed by atoms with Gasteiger partial charge in [-0.2, -0.15) is 5.21 Å². The molecule has 40 heavy (non-hydrogen) atoms. The number of ether oxygens (including phenoxy) is 3. The van der Waals surface area contributed by atoms with Gasteiger partial charge in [0.05, 0.1) is 22.6 Å². The molecule has 4 aromatic rings. The van der Waals surface area contributed by atoms with Crippen LogP contribution in [-0.4, -0.2) is 56.9 Å². The van der Waals surface area contributed by atoms with Gasteiger partial charge < -0.3 is 29.0 Å². The average Bonchev–Trinajstić information content (AvgIpc) is 3.69. The number of benzene rings is 2. The van der Waals surface area contributed by atoms with Gasteiger partial charge in [-0.15, -0.1) is 10.2 Å². The normalized spacial score (nSPS) is 14.1. The van der Waals surface area contributed by atoms with Gasteiger partial charge in [-0.1, -0.05) is 25.1 Å². The summed E-state index contributed by atoms with van der Waals surface area (Å²) in [5.41, 5.74) is 5.61. The molecule has 208 valence electrons. The average molecular weight is 546 g/mol. The zero-order valence-electron chi connectivity index (χ0n) is 22.6. The molecule has 1 atom stereocenters. The molecule has 2 aromatic heterocycles. The predicted octanol–water partition coefficient (Wildman–Crippen LogP) is 4.18. The van der Waals surface area contributed by atoms with Crippen molar-refractivity contribution in [1.29, 1.82) is 0 Å². The van der Waals surface area contributed by atoms with Crippen LogP contribution in [0.1, 0.15) is 48.2 Å². The summed E-state index contributed by atoms with van der Waals surface area (Å²) in [5.74, 6) is -0.482. The second kappa shape index (κ2) is 12.0. The van der Waals surface area contributed by atoms with Crippen LogP contribution in [0.15, 0.2) is 54.7 Å². The molecule has 0 bridgehead atoms. The van der Waals surface area contributed by atoms with Gasteiger partial charge in [0.25, 0.3) is 0 Å². The minimum atomic E-state index is -0.586. The summed E-state index contributed by atoms with van der Waals surface area (Å²) in [6.07, 6.45) is 2.47. The number of aryl methyl sites for hydroxylation is 1. The van der Waals surface area contributed by atoms with Crippen molar-refractivity contribution in [2.24, 2.45) is 0 Å². The van der Waals surface area contributed by atoms with E-state index >= 15 is 0 Å². The van der Waals surface area contributed by atoms with E-state index in [0.717, 1.165) is 28.2 Å². The third kappa shape index (κ3) is 5.66. The lowest BCUT2D eigenvalue weighted by Gasteiger charge is -2.27. The zero-order chi connectivity index (χ0) is 28.1. The largest absolute Gasteiger partial charge is 0.428 e. The molecule has 1 unspecified atom stereocenters. The Balaban J connectivity index is 1.37. The topological polar surface area (TPSA) is 136 Å². The molecule has 12 nitrogen and oxygen atoms in total. The van der Waals surface area contributed by atoms with Crippen LogP contribution in [0.2, 0.25) is 0 Å². The van der Waals surface area contributed by atoms with Gasteiger partial charge in [-0.3, -0.25) is 4.79 Å². The number of H-pyrrole nitrogens is 1. The van der Waals surface area contributed by atoms with E-state index in [1.807, 2.05) is 72.8 Å². The van der Waals surface area contributed by atoms with Crippen LogP contribution in [0, 0.1) is 6.92 Å². The van der Waals surface area contributed by atoms with Crippen LogP contribution < -0.4 is 10.2 Å². The number of aromatic nitrogens is 5. The molecule has 0 aliphatic carbocycles. The summed E-state index contributed by atoms with van der Waals surface area (Å²) >= 11 is 0. The van der Waals surface area contributed by atoms with E-state index in [0.29, 0.717) is 36.6 Å². The molecule has 1 aliphatic rings. The van der Waals surface area contributed by atoms with Gasteiger partial charge in [0, 0.05) is 31.5 Å². The Morgan fingerprint density at radius 2 is 1.90 bits per heavy atom. The number of carbonyl (C=O) groups is 2. The van der Waals surface area contributed by atoms with E-state index in [9.17, 15) is 9.59 Å². The Morgan fingerprint density at radius 1 is 1.07 bits per heavy atom. The van der Waals surface area contributed by atoms with Crippen LogP contribution >= 0.6 is 0 Å². The molecule has 3 heterocycles. The number of nitrogens with zero attached hydrogens (tertiary/aromatic N) is 5. The van der Waals surface area contributed by atoms with Crippen molar-refractivity contribution in [3.8, 4) is 17.2 Å². The third-order valence-corrected chi connectivity index (χ3v) is 6.39. The second-order valence-corrected chi connectivity index (χ2v) is 9.27. The highest BCUT2D eigenvalue weighted by Gasteiger charge is 2.33. The fourth-order valence-corrected chi connectivity index (χ4v) is 4.63. The number of anilines is 2. The highest BCUT2D eigenvalue weighted by atomic mass is 16.7. The van der Waals surface area contributed by atoms with Crippen LogP contribution in [0.25, 0.3) is 17.2 Å². The number of para-hydroxylation sites is 1. The lowest BCUT2D eigenvalue weighted by atomic mass is 10.1. The maximum atomic E-state index is 13.0. The van der Waals surface area contributed by atoms with Crippen molar-refractivity contribution in [3.05, 3.63) is 71.4 Å². The molecular formula is C28H31N7O5. The number of fused-ring (bicyclic) bond motifs is 1. The minimum absolute atomic E-state index is 0.271. The molecule has 5 rings (SSSR count). The quantitative estimate of drug-likeness (QED) is 0.209. The predicted molar refractivity (Wildman–Crippen MR) is 147 cm³/mol. The van der Waals surface area contributed by atoms with Gasteiger partial charge in [-0.25, -0.2) is 4.79 Å². The highest BCUT2D eigenvalue weighted by molar-refractivity contribution is 6.00. The molecule has 1 aliphatic heterocycles. The number of nitrogens with one attached hydrogen (secondary N) is 2. The van der Waals surface area contributed by atoms with Crippen LogP contribution in [0.4, 0.5) is 11.4 Å². The summed E-state index contributed by atoms with van der Waals surface area (Å²) in [4.78, 5) is 26.6. The molecule has 0 saturated heterocycles. The smallest absolute Gasteiger partial charge is 0.343 e. The van der Waals surface area contributed by atoms with E-state index in [4.69, 9.17) is 14.2 Å². The first-order chi connectivity index (χ1) is 19.5. The van der Waals surface area contributed by atoms with E-state index in [1.165, 1.54) is 0 Å². The van der Waals surface area contributed by atoms with E-state index in [-0.39, 0.29) is 6.42 Å². The van der Waals surface area contributed by atoms with Crippen LogP contribution in [-0.2, 0) is 25.5 Å². The molecule has 0 radical (unpaired) electrons. The number of esters is 2. The van der Waals surface area contributed by atoms with E-state index < -0.39 is 25.1 Å². The van der Waals surface area contributed by atoms with E-state index in [2.05, 4.69) is 25.9 Å². The standard InChI is InChI=1S/C28H31N7O5/c1-4-7-24(36)39-17-40-27(37)21-8-6-9-22-25(21)35(28(29-22)38-5-2)16-19-10-12-20(13-11-19)34-15-18(3)14-23(34)26-30-32-33-31-26/h6,8-15,28-29H,4-5,7,16-17H2,1-3H3,(H,30,31,32,33). The fraction of sp³-hybridized carbons (Fsp3) is 0.321. The first-order valence-corrected chi connectivity index (χ1v) is 13.1. The maximum Gasteiger partial charge on any atom is 0.343 e. The first kappa shape index (κ1) is 26.9. The summed E-state index contributed by atoms with van der Waals surface area (Å²) in [6, 6.07) is 15.4. The Hall–Kier alpha value is -4.71. The number of hydrogen-bond donors (Lipinski definition) is 2. The van der Waals surface area contributed by atoms with Gasteiger partial charge in [-0.05, 0) is 66.9 Å². The SMILES string of the molecule is CCCC(=O)OCOC(=O)c1cccc2c1N(Cc1ccc(-n3cc(C)cc3-c3nn[nH]n3)cc1)C(OCC)N2. The molecule has 0 spiro atoms. The van der Waals surface area contributed by atoms with Crippen molar-refractivity contribution >= 4 is 23.3 Å². The number of tetrazole rings is 1. The molecule has 0 amide bonds. The minimum Gasteiger partial charge on any atom is -0.428 e. The Bertz CT molecular complexity index is 1470. The van der Waals surface area contributed by atoms with Crippen molar-refractivity contribution < 1.29 is 23.8 Å². The first-order valence-electron chi connectivity index (χ1n) is 13.1. The molecule has 2 N–H and O–H groups in total. The van der Waals surface area contributed by atoms with Crippen molar-refractivity contribution in [3.63, 3.8) is 0 Å². The fourth-order valence-electron chi connectivity index (χ4n) is 4.63. The number of carbonyl (C=O) groups excluding carboxylic acids is 2. The van der Waals surface area contributed by atoms with Gasteiger partial charge >= 0.3 is 11.9 Å². The molecule has 2 aromatic carbocycles. The molecule has 0 fully saturated rings. The summed E-state index contributed by atoms with van der Waals surface area (Å²) in [7, 11) is 0. The zero-order valence-corrected chi connectivity index (χ0v) is 22.6. The van der Waals surface area contributed by atoms with Crippen LogP contribution in [0.3, 0.4) is 0 Å². The van der Waals surface area contributed by atoms with Crippen molar-refractivity contribution in [2.45, 2.75) is 46.5 Å². The highest BCUT2D eigenvalue weighted by Crippen LogP contribution is 2.39. The van der Waals surface area contributed by atoms with E-state index in [1.54, 1.807) is 12.1 Å². The monoisotopic (exact) mass is 545 g/mol. The molecular weight excluding hydrogens is 514 g/mol. The molecule has 12 heteroatoms. The van der Waals surface area contributed by atoms with Gasteiger partial charge in [0.2, 0.25) is 19.0 Å². The van der Waals surface area contributed by atoms with Crippen molar-refractivity contribution in [1.82, 2.24) is 25.2 Å². The summed E-state index contributed by atoms with van der Waals surface area (Å²) in [6.45, 7) is 6.30. The van der Waals surface area contributed by atoms with Crippen molar-refractivity contribution in [2.75, 3.05) is 23.6 Å². The number of hydrogen-bond acceptors (Lipinski definition) is 10. The summed E-state index contributed by atoms with van der Waals surface area (Å²) < 4.78 is 18.3. The third-order valence-electron chi connectivity index (χ3n) is 6.39.